The number of fused-ring (bicyclic) bond motifs is 1. The summed E-state index contributed by atoms with van der Waals surface area (Å²) < 4.78 is 60.4. The first kappa shape index (κ1) is 27.9. The molecule has 0 saturated carbocycles. The van der Waals surface area contributed by atoms with Crippen LogP contribution in [0.3, 0.4) is 0 Å². The van der Waals surface area contributed by atoms with Crippen LogP contribution in [0.25, 0.3) is 0 Å². The third-order valence-corrected chi connectivity index (χ3v) is 10.4. The van der Waals surface area contributed by atoms with Gasteiger partial charge < -0.3 is 9.84 Å². The van der Waals surface area contributed by atoms with Crippen LogP contribution in [0.2, 0.25) is 0 Å². The minimum Gasteiger partial charge on any atom is -0.490 e. The molecule has 1 N–H and O–H groups in total. The Labute approximate surface area is 221 Å². The lowest BCUT2D eigenvalue weighted by Gasteiger charge is -2.38. The van der Waals surface area contributed by atoms with E-state index < -0.39 is 26.2 Å². The maximum atomic E-state index is 13.8. The quantitative estimate of drug-likeness (QED) is 0.534. The number of hydrogen-bond acceptors (Lipinski definition) is 6. The van der Waals surface area contributed by atoms with E-state index in [0.717, 1.165) is 12.0 Å². The molecule has 0 radical (unpaired) electrons. The summed E-state index contributed by atoms with van der Waals surface area (Å²) in [5.41, 5.74) is 2.22. The average molecular weight is 551 g/mol. The summed E-state index contributed by atoms with van der Waals surface area (Å²) in [7, 11) is -7.09. The maximum absolute atomic E-state index is 13.8. The van der Waals surface area contributed by atoms with E-state index in [9.17, 15) is 21.9 Å². The van der Waals surface area contributed by atoms with Crippen LogP contribution in [0.4, 0.5) is 5.69 Å². The molecule has 8 nitrogen and oxygen atoms in total. The van der Waals surface area contributed by atoms with Crippen LogP contribution >= 0.6 is 0 Å². The molecule has 0 bridgehead atoms. The Hall–Kier alpha value is -2.14. The molecule has 0 amide bonds. The molecule has 1 saturated heterocycles. The standard InChI is InChI=1S/C27H38N2O6S2/c1-5-20-6-8-22(9-7-20)29(18-19(2)3)37(33,34)23-10-11-26-24(16-23)25(30)17-27(35-26)21-12-14-28(15-13-21)36(4,31)32/h6-11,16,19,21,25,27,30H,5,12-15,17-18H2,1-4H3. The van der Waals surface area contributed by atoms with Crippen LogP contribution in [0.1, 0.15) is 57.3 Å². The first-order valence-electron chi connectivity index (χ1n) is 13.0. The Balaban J connectivity index is 1.56. The molecule has 4 rings (SSSR count). The van der Waals surface area contributed by atoms with Gasteiger partial charge in [0.15, 0.2) is 0 Å². The molecule has 2 aliphatic rings. The molecule has 2 aliphatic heterocycles. The van der Waals surface area contributed by atoms with Crippen LogP contribution in [-0.2, 0) is 26.5 Å². The van der Waals surface area contributed by atoms with Crippen LogP contribution in [0.5, 0.6) is 5.75 Å². The van der Waals surface area contributed by atoms with E-state index in [4.69, 9.17) is 4.74 Å². The third kappa shape index (κ3) is 6.13. The Kier molecular flexibility index (Phi) is 8.23. The first-order chi connectivity index (χ1) is 17.4. The SMILES string of the molecule is CCc1ccc(N(CC(C)C)S(=O)(=O)c2ccc3c(c2)C(O)CC(C2CCN(S(C)(=O)=O)CC2)O3)cc1. The van der Waals surface area contributed by atoms with Crippen molar-refractivity contribution >= 4 is 25.7 Å². The Morgan fingerprint density at radius 1 is 1.05 bits per heavy atom. The number of anilines is 1. The molecule has 0 spiro atoms. The number of aliphatic hydroxyl groups excluding tert-OH is 1. The van der Waals surface area contributed by atoms with Gasteiger partial charge in [-0.15, -0.1) is 0 Å². The molecule has 2 atom stereocenters. The van der Waals surface area contributed by atoms with Gasteiger partial charge in [0.25, 0.3) is 10.0 Å². The monoisotopic (exact) mass is 550 g/mol. The molecule has 204 valence electrons. The highest BCUT2D eigenvalue weighted by atomic mass is 32.2. The van der Waals surface area contributed by atoms with Gasteiger partial charge in [-0.1, -0.05) is 32.9 Å². The second-order valence-electron chi connectivity index (χ2n) is 10.6. The molecular weight excluding hydrogens is 512 g/mol. The molecule has 1 fully saturated rings. The zero-order valence-electron chi connectivity index (χ0n) is 22.0. The fourth-order valence-electron chi connectivity index (χ4n) is 5.18. The summed E-state index contributed by atoms with van der Waals surface area (Å²) in [5, 5.41) is 11.0. The van der Waals surface area contributed by atoms with E-state index in [2.05, 4.69) is 6.92 Å². The molecule has 2 aromatic rings. The number of hydrogen-bond donors (Lipinski definition) is 1. The highest BCUT2D eigenvalue weighted by Gasteiger charge is 2.37. The number of rotatable bonds is 8. The lowest BCUT2D eigenvalue weighted by molar-refractivity contribution is 0.0198. The second-order valence-corrected chi connectivity index (χ2v) is 14.4. The van der Waals surface area contributed by atoms with E-state index in [0.29, 0.717) is 55.9 Å². The number of aryl methyl sites for hydroxylation is 1. The predicted octanol–water partition coefficient (Wildman–Crippen LogP) is 3.96. The zero-order valence-corrected chi connectivity index (χ0v) is 23.6. The number of benzene rings is 2. The van der Waals surface area contributed by atoms with Gasteiger partial charge in [-0.2, -0.15) is 0 Å². The minimum absolute atomic E-state index is 0.113. The van der Waals surface area contributed by atoms with Crippen molar-refractivity contribution in [2.45, 2.75) is 63.6 Å². The van der Waals surface area contributed by atoms with Crippen LogP contribution in [0.15, 0.2) is 47.4 Å². The maximum Gasteiger partial charge on any atom is 0.264 e. The molecule has 2 aromatic carbocycles. The van der Waals surface area contributed by atoms with Crippen LogP contribution in [-0.4, -0.2) is 58.2 Å². The minimum atomic E-state index is -3.88. The highest BCUT2D eigenvalue weighted by Crippen LogP contribution is 2.41. The zero-order chi connectivity index (χ0) is 27.0. The molecule has 2 heterocycles. The molecule has 0 aliphatic carbocycles. The van der Waals surface area contributed by atoms with Gasteiger partial charge in [-0.25, -0.2) is 21.1 Å². The van der Waals surface area contributed by atoms with E-state index in [1.54, 1.807) is 12.1 Å². The third-order valence-electron chi connectivity index (χ3n) is 7.32. The van der Waals surface area contributed by atoms with Crippen molar-refractivity contribution in [2.24, 2.45) is 11.8 Å². The number of nitrogens with zero attached hydrogens (tertiary/aromatic N) is 2. The fraction of sp³-hybridized carbons (Fsp3) is 0.556. The van der Waals surface area contributed by atoms with Gasteiger partial charge in [0, 0.05) is 31.6 Å². The van der Waals surface area contributed by atoms with Gasteiger partial charge in [-0.3, -0.25) is 4.31 Å². The number of piperidine rings is 1. The Morgan fingerprint density at radius 3 is 2.27 bits per heavy atom. The topological polar surface area (TPSA) is 104 Å². The van der Waals surface area contributed by atoms with Crippen molar-refractivity contribution in [1.82, 2.24) is 4.31 Å². The van der Waals surface area contributed by atoms with Crippen molar-refractivity contribution in [1.29, 1.82) is 0 Å². The predicted molar refractivity (Wildman–Crippen MR) is 145 cm³/mol. The molecule has 10 heteroatoms. The van der Waals surface area contributed by atoms with Crippen molar-refractivity contribution in [3.05, 3.63) is 53.6 Å². The Morgan fingerprint density at radius 2 is 1.70 bits per heavy atom. The largest absolute Gasteiger partial charge is 0.490 e. The molecule has 37 heavy (non-hydrogen) atoms. The first-order valence-corrected chi connectivity index (χ1v) is 16.2. The summed E-state index contributed by atoms with van der Waals surface area (Å²) in [5.74, 6) is 0.717. The molecular formula is C27H38N2O6S2. The smallest absolute Gasteiger partial charge is 0.264 e. The van der Waals surface area contributed by atoms with Crippen molar-refractivity contribution in [3.8, 4) is 5.75 Å². The van der Waals surface area contributed by atoms with Crippen molar-refractivity contribution < 1.29 is 26.7 Å². The molecule has 2 unspecified atom stereocenters. The highest BCUT2D eigenvalue weighted by molar-refractivity contribution is 7.92. The average Bonchev–Trinajstić information content (AvgIpc) is 2.86. The lowest BCUT2D eigenvalue weighted by Crippen LogP contribution is -2.43. The van der Waals surface area contributed by atoms with E-state index in [1.165, 1.54) is 20.9 Å². The fourth-order valence-corrected chi connectivity index (χ4v) is 7.72. The number of sulfonamides is 2. The summed E-state index contributed by atoms with van der Waals surface area (Å²) in [4.78, 5) is 0.119. The van der Waals surface area contributed by atoms with Gasteiger partial charge >= 0.3 is 0 Å². The van der Waals surface area contributed by atoms with E-state index >= 15 is 0 Å². The normalized spacial score (nSPS) is 21.5. The summed E-state index contributed by atoms with van der Waals surface area (Å²) >= 11 is 0. The van der Waals surface area contributed by atoms with Gasteiger partial charge in [0.2, 0.25) is 10.0 Å². The Bertz CT molecular complexity index is 1300. The van der Waals surface area contributed by atoms with Crippen molar-refractivity contribution in [3.63, 3.8) is 0 Å². The van der Waals surface area contributed by atoms with Gasteiger partial charge in [0.05, 0.1) is 22.9 Å². The summed E-state index contributed by atoms with van der Waals surface area (Å²) in [6.45, 7) is 7.23. The summed E-state index contributed by atoms with van der Waals surface area (Å²) in [6, 6.07) is 12.3. The van der Waals surface area contributed by atoms with Gasteiger partial charge in [0.1, 0.15) is 11.9 Å². The van der Waals surface area contributed by atoms with Crippen LogP contribution < -0.4 is 9.04 Å². The summed E-state index contributed by atoms with van der Waals surface area (Å²) in [6.07, 6.45) is 2.64. The van der Waals surface area contributed by atoms with Gasteiger partial charge in [-0.05, 0) is 67.0 Å². The van der Waals surface area contributed by atoms with E-state index in [-0.39, 0.29) is 22.8 Å². The number of aliphatic hydroxyl groups is 1. The lowest BCUT2D eigenvalue weighted by atomic mass is 9.86. The molecule has 0 aromatic heterocycles. The van der Waals surface area contributed by atoms with Crippen LogP contribution in [0, 0.1) is 11.8 Å². The van der Waals surface area contributed by atoms with E-state index in [1.807, 2.05) is 38.1 Å². The second kappa shape index (κ2) is 10.9. The number of ether oxygens (including phenoxy) is 1. The van der Waals surface area contributed by atoms with Crippen molar-refractivity contribution in [2.75, 3.05) is 30.2 Å².